The number of rotatable bonds is 6. The summed E-state index contributed by atoms with van der Waals surface area (Å²) in [6.07, 6.45) is -3.31. The summed E-state index contributed by atoms with van der Waals surface area (Å²) in [5, 5.41) is 2.55. The van der Waals surface area contributed by atoms with E-state index in [-0.39, 0.29) is 11.5 Å². The lowest BCUT2D eigenvalue weighted by molar-refractivity contribution is -0.140. The minimum Gasteiger partial charge on any atom is -0.352 e. The van der Waals surface area contributed by atoms with Crippen LogP contribution >= 0.6 is 0 Å². The number of carbonyl (C=O) groups is 1. The molecule has 7 heteroatoms. The van der Waals surface area contributed by atoms with Gasteiger partial charge < -0.3 is 11.1 Å². The second kappa shape index (κ2) is 7.40. The van der Waals surface area contributed by atoms with Crippen molar-refractivity contribution in [3.63, 3.8) is 0 Å². The van der Waals surface area contributed by atoms with Crippen molar-refractivity contribution in [1.29, 1.82) is 0 Å². The molecule has 1 atom stereocenters. The second-order valence-corrected chi connectivity index (χ2v) is 4.75. The van der Waals surface area contributed by atoms with Crippen LogP contribution in [0.5, 0.6) is 0 Å². The van der Waals surface area contributed by atoms with E-state index in [1.807, 2.05) is 6.92 Å². The average molecular weight is 306 g/mol. The zero-order valence-corrected chi connectivity index (χ0v) is 11.6. The van der Waals surface area contributed by atoms with E-state index in [1.54, 1.807) is 0 Å². The fraction of sp³-hybridized carbons (Fsp3) is 0.500. The van der Waals surface area contributed by atoms with Gasteiger partial charge in [-0.25, -0.2) is 4.39 Å². The number of hydrogen-bond donors (Lipinski definition) is 2. The van der Waals surface area contributed by atoms with Crippen LogP contribution < -0.4 is 11.1 Å². The number of nitrogens with one attached hydrogen (secondary N) is 1. The largest absolute Gasteiger partial charge is 0.419 e. The minimum atomic E-state index is -4.83. The maximum Gasteiger partial charge on any atom is 0.419 e. The lowest BCUT2D eigenvalue weighted by Crippen LogP contribution is -2.30. The molecule has 0 saturated heterocycles. The molecule has 1 unspecified atom stereocenters. The van der Waals surface area contributed by atoms with E-state index < -0.39 is 23.5 Å². The van der Waals surface area contributed by atoms with Crippen LogP contribution in [-0.2, 0) is 6.18 Å². The monoisotopic (exact) mass is 306 g/mol. The fourth-order valence-corrected chi connectivity index (χ4v) is 1.91. The smallest absolute Gasteiger partial charge is 0.352 e. The van der Waals surface area contributed by atoms with Crippen LogP contribution in [0.15, 0.2) is 18.2 Å². The van der Waals surface area contributed by atoms with E-state index in [4.69, 9.17) is 5.73 Å². The van der Waals surface area contributed by atoms with Gasteiger partial charge >= 0.3 is 6.18 Å². The Bertz CT molecular complexity index is 488. The average Bonchev–Trinajstić information content (AvgIpc) is 2.42. The molecule has 3 N–H and O–H groups in total. The first-order valence-electron chi connectivity index (χ1n) is 6.64. The molecule has 0 aromatic heterocycles. The van der Waals surface area contributed by atoms with Crippen molar-refractivity contribution in [2.75, 3.05) is 13.1 Å². The number of alkyl halides is 3. The molecule has 1 aromatic carbocycles. The number of benzene rings is 1. The van der Waals surface area contributed by atoms with Crippen molar-refractivity contribution in [1.82, 2.24) is 5.32 Å². The van der Waals surface area contributed by atoms with Gasteiger partial charge in [-0.2, -0.15) is 13.2 Å². The molecular formula is C14H18F4N2O. The third kappa shape index (κ3) is 5.00. The number of hydrogen-bond acceptors (Lipinski definition) is 2. The first-order valence-corrected chi connectivity index (χ1v) is 6.64. The first kappa shape index (κ1) is 17.4. The van der Waals surface area contributed by atoms with Crippen LogP contribution in [-0.4, -0.2) is 19.0 Å². The molecular weight excluding hydrogens is 288 g/mol. The van der Waals surface area contributed by atoms with E-state index in [9.17, 15) is 22.4 Å². The van der Waals surface area contributed by atoms with E-state index >= 15 is 0 Å². The molecule has 0 aliphatic carbocycles. The Morgan fingerprint density at radius 2 is 2.05 bits per heavy atom. The summed E-state index contributed by atoms with van der Waals surface area (Å²) in [5.41, 5.74) is 3.77. The molecule has 0 aliphatic heterocycles. The first-order chi connectivity index (χ1) is 9.79. The molecule has 1 rings (SSSR count). The Balaban J connectivity index is 2.79. The second-order valence-electron chi connectivity index (χ2n) is 4.75. The lowest BCUT2D eigenvalue weighted by atomic mass is 10.0. The zero-order chi connectivity index (χ0) is 16.0. The van der Waals surface area contributed by atoms with Crippen molar-refractivity contribution >= 4 is 5.91 Å². The van der Waals surface area contributed by atoms with Crippen molar-refractivity contribution in [3.05, 3.63) is 35.1 Å². The summed E-state index contributed by atoms with van der Waals surface area (Å²) in [5.74, 6) is -1.88. The van der Waals surface area contributed by atoms with Crippen LogP contribution in [0.25, 0.3) is 0 Å². The van der Waals surface area contributed by atoms with Gasteiger partial charge in [-0.05, 0) is 37.1 Å². The maximum absolute atomic E-state index is 13.1. The van der Waals surface area contributed by atoms with Crippen LogP contribution in [0, 0.1) is 11.7 Å². The highest BCUT2D eigenvalue weighted by atomic mass is 19.4. The number of amides is 1. The van der Waals surface area contributed by atoms with Crippen LogP contribution in [0.4, 0.5) is 17.6 Å². The molecule has 0 aliphatic rings. The fourth-order valence-electron chi connectivity index (χ4n) is 1.91. The Morgan fingerprint density at radius 3 is 2.57 bits per heavy atom. The predicted octanol–water partition coefficient (Wildman–Crippen LogP) is 2.95. The van der Waals surface area contributed by atoms with Gasteiger partial charge in [0.15, 0.2) is 0 Å². The highest BCUT2D eigenvalue weighted by Crippen LogP contribution is 2.31. The van der Waals surface area contributed by atoms with Crippen LogP contribution in [0.1, 0.15) is 35.7 Å². The summed E-state index contributed by atoms with van der Waals surface area (Å²) >= 11 is 0. The van der Waals surface area contributed by atoms with E-state index in [0.717, 1.165) is 12.5 Å². The van der Waals surface area contributed by atoms with E-state index in [0.29, 0.717) is 31.6 Å². The Labute approximate surface area is 120 Å². The summed E-state index contributed by atoms with van der Waals surface area (Å²) in [6, 6.07) is 2.20. The summed E-state index contributed by atoms with van der Waals surface area (Å²) in [7, 11) is 0. The zero-order valence-electron chi connectivity index (χ0n) is 11.6. The molecule has 3 nitrogen and oxygen atoms in total. The molecule has 21 heavy (non-hydrogen) atoms. The van der Waals surface area contributed by atoms with Gasteiger partial charge in [0.2, 0.25) is 0 Å². The van der Waals surface area contributed by atoms with Gasteiger partial charge in [0.25, 0.3) is 5.91 Å². The third-order valence-corrected chi connectivity index (χ3v) is 3.24. The van der Waals surface area contributed by atoms with Crippen molar-refractivity contribution in [2.45, 2.75) is 25.9 Å². The van der Waals surface area contributed by atoms with Gasteiger partial charge in [-0.3, -0.25) is 4.79 Å². The molecule has 0 radical (unpaired) electrons. The molecule has 0 bridgehead atoms. The molecule has 0 saturated carbocycles. The predicted molar refractivity (Wildman–Crippen MR) is 71.2 cm³/mol. The SMILES string of the molecule is CCC(CCN)CNC(=O)c1ccc(F)c(C(F)(F)F)c1. The van der Waals surface area contributed by atoms with Gasteiger partial charge in [-0.1, -0.05) is 13.3 Å². The van der Waals surface area contributed by atoms with Gasteiger partial charge in [0.05, 0.1) is 5.56 Å². The van der Waals surface area contributed by atoms with Crippen LogP contribution in [0.3, 0.4) is 0 Å². The van der Waals surface area contributed by atoms with Crippen LogP contribution in [0.2, 0.25) is 0 Å². The van der Waals surface area contributed by atoms with Gasteiger partial charge in [0, 0.05) is 12.1 Å². The number of nitrogens with two attached hydrogens (primary N) is 1. The third-order valence-electron chi connectivity index (χ3n) is 3.24. The summed E-state index contributed by atoms with van der Waals surface area (Å²) in [4.78, 5) is 11.8. The normalized spacial score (nSPS) is 13.0. The minimum absolute atomic E-state index is 0.168. The highest BCUT2D eigenvalue weighted by Gasteiger charge is 2.34. The van der Waals surface area contributed by atoms with Gasteiger partial charge in [0.1, 0.15) is 5.82 Å². The van der Waals surface area contributed by atoms with E-state index in [2.05, 4.69) is 5.32 Å². The molecule has 0 spiro atoms. The quantitative estimate of drug-likeness (QED) is 0.794. The van der Waals surface area contributed by atoms with E-state index in [1.165, 1.54) is 0 Å². The Hall–Kier alpha value is -1.63. The van der Waals surface area contributed by atoms with Gasteiger partial charge in [-0.15, -0.1) is 0 Å². The summed E-state index contributed by atoms with van der Waals surface area (Å²) in [6.45, 7) is 2.74. The molecule has 0 fully saturated rings. The Morgan fingerprint density at radius 1 is 1.38 bits per heavy atom. The number of halogens is 4. The summed E-state index contributed by atoms with van der Waals surface area (Å²) < 4.78 is 50.9. The maximum atomic E-state index is 13.1. The number of carbonyl (C=O) groups excluding carboxylic acids is 1. The standard InChI is InChI=1S/C14H18F4N2O/c1-2-9(5-6-19)8-20-13(21)10-3-4-12(15)11(7-10)14(16,17)18/h3-4,7,9H,2,5-6,8,19H2,1H3,(H,20,21). The molecule has 0 heterocycles. The van der Waals surface area contributed by atoms with Crippen molar-refractivity contribution < 1.29 is 22.4 Å². The lowest BCUT2D eigenvalue weighted by Gasteiger charge is -2.15. The molecule has 1 aromatic rings. The topological polar surface area (TPSA) is 55.1 Å². The Kier molecular flexibility index (Phi) is 6.14. The highest BCUT2D eigenvalue weighted by molar-refractivity contribution is 5.94. The molecule has 118 valence electrons. The molecule has 1 amide bonds. The van der Waals surface area contributed by atoms with Crippen molar-refractivity contribution in [2.24, 2.45) is 11.7 Å². The van der Waals surface area contributed by atoms with Crippen molar-refractivity contribution in [3.8, 4) is 0 Å².